The van der Waals surface area contributed by atoms with E-state index in [4.69, 9.17) is 0 Å². The molecule has 100 valence electrons. The largest absolute Gasteiger partial charge is 0.381 e. The van der Waals surface area contributed by atoms with Gasteiger partial charge in [-0.1, -0.05) is 12.1 Å². The molecule has 6 heteroatoms. The lowest BCUT2D eigenvalue weighted by atomic mass is 10.2. The third kappa shape index (κ3) is 3.07. The van der Waals surface area contributed by atoms with Crippen molar-refractivity contribution in [3.8, 4) is 0 Å². The van der Waals surface area contributed by atoms with Gasteiger partial charge in [0.2, 0.25) is 0 Å². The Balaban J connectivity index is 2.17. The van der Waals surface area contributed by atoms with Crippen LogP contribution in [0.4, 0.5) is 23.2 Å². The van der Waals surface area contributed by atoms with Gasteiger partial charge in [0.15, 0.2) is 17.5 Å². The minimum atomic E-state index is -1.52. The van der Waals surface area contributed by atoms with Crippen LogP contribution in [0.5, 0.6) is 0 Å². The van der Waals surface area contributed by atoms with Crippen molar-refractivity contribution in [3.63, 3.8) is 0 Å². The van der Waals surface area contributed by atoms with Crippen molar-refractivity contribution in [1.29, 1.82) is 0 Å². The quantitative estimate of drug-likeness (QED) is 0.638. The number of halogens is 5. The van der Waals surface area contributed by atoms with Gasteiger partial charge in [-0.05, 0) is 27.6 Å². The Kier molecular flexibility index (Phi) is 4.09. The first kappa shape index (κ1) is 13.9. The van der Waals surface area contributed by atoms with Gasteiger partial charge < -0.3 is 5.32 Å². The van der Waals surface area contributed by atoms with Gasteiger partial charge in [-0.15, -0.1) is 0 Å². The fourth-order valence-corrected chi connectivity index (χ4v) is 1.94. The van der Waals surface area contributed by atoms with E-state index in [1.165, 1.54) is 12.1 Å². The molecule has 0 aliphatic carbocycles. The molecule has 0 unspecified atom stereocenters. The molecule has 1 nitrogen and oxygen atoms in total. The van der Waals surface area contributed by atoms with Gasteiger partial charge >= 0.3 is 0 Å². The predicted octanol–water partition coefficient (Wildman–Crippen LogP) is 4.62. The summed E-state index contributed by atoms with van der Waals surface area (Å²) in [7, 11) is 0. The molecule has 0 aliphatic rings. The number of hydrogen-bond donors (Lipinski definition) is 1. The van der Waals surface area contributed by atoms with Crippen LogP contribution in [0.3, 0.4) is 0 Å². The maximum absolute atomic E-state index is 13.2. The van der Waals surface area contributed by atoms with Gasteiger partial charge in [0.05, 0.1) is 4.47 Å². The molecule has 0 saturated heterocycles. The topological polar surface area (TPSA) is 12.0 Å². The van der Waals surface area contributed by atoms with Crippen molar-refractivity contribution in [2.24, 2.45) is 0 Å². The van der Waals surface area contributed by atoms with Gasteiger partial charge in [0.1, 0.15) is 5.82 Å². The van der Waals surface area contributed by atoms with Gasteiger partial charge in [-0.25, -0.2) is 17.6 Å². The monoisotopic (exact) mass is 333 g/mol. The smallest absolute Gasteiger partial charge is 0.194 e. The van der Waals surface area contributed by atoms with Gasteiger partial charge in [0.25, 0.3) is 0 Å². The van der Waals surface area contributed by atoms with E-state index in [0.717, 1.165) is 12.1 Å². The molecule has 0 aliphatic heterocycles. The van der Waals surface area contributed by atoms with E-state index in [2.05, 4.69) is 21.2 Å². The van der Waals surface area contributed by atoms with E-state index in [1.54, 1.807) is 6.07 Å². The molecule has 2 aromatic carbocycles. The Bertz CT molecular complexity index is 593. The maximum Gasteiger partial charge on any atom is 0.194 e. The Labute approximate surface area is 115 Å². The molecule has 0 bridgehead atoms. The SMILES string of the molecule is Fc1cc(NCc2cccc(F)c2Br)cc(F)c1F. The molecule has 0 atom stereocenters. The van der Waals surface area contributed by atoms with Crippen LogP contribution in [0.25, 0.3) is 0 Å². The zero-order valence-electron chi connectivity index (χ0n) is 9.48. The Morgan fingerprint density at radius 3 is 2.21 bits per heavy atom. The summed E-state index contributed by atoms with van der Waals surface area (Å²) < 4.78 is 52.2. The molecule has 0 radical (unpaired) electrons. The summed E-state index contributed by atoms with van der Waals surface area (Å²) >= 11 is 3.07. The summed E-state index contributed by atoms with van der Waals surface area (Å²) in [5, 5.41) is 2.69. The van der Waals surface area contributed by atoms with Crippen molar-refractivity contribution in [1.82, 2.24) is 0 Å². The lowest BCUT2D eigenvalue weighted by molar-refractivity contribution is 0.447. The highest BCUT2D eigenvalue weighted by molar-refractivity contribution is 9.10. The van der Waals surface area contributed by atoms with Crippen LogP contribution in [0.2, 0.25) is 0 Å². The number of nitrogens with one attached hydrogen (secondary N) is 1. The molecule has 19 heavy (non-hydrogen) atoms. The molecule has 0 heterocycles. The van der Waals surface area contributed by atoms with Crippen molar-refractivity contribution < 1.29 is 17.6 Å². The molecule has 1 N–H and O–H groups in total. The van der Waals surface area contributed by atoms with Crippen LogP contribution in [-0.2, 0) is 6.54 Å². The summed E-state index contributed by atoms with van der Waals surface area (Å²) in [5.74, 6) is -4.50. The highest BCUT2D eigenvalue weighted by Crippen LogP contribution is 2.22. The van der Waals surface area contributed by atoms with Crippen molar-refractivity contribution in [2.45, 2.75) is 6.54 Å². The molecule has 0 amide bonds. The summed E-state index contributed by atoms with van der Waals surface area (Å²) in [6.45, 7) is 0.142. The second-order valence-corrected chi connectivity index (χ2v) is 4.61. The third-order valence-electron chi connectivity index (χ3n) is 2.50. The summed E-state index contributed by atoms with van der Waals surface area (Å²) in [6, 6.07) is 6.13. The summed E-state index contributed by atoms with van der Waals surface area (Å²) in [5.41, 5.74) is 0.651. The molecule has 0 aromatic heterocycles. The van der Waals surface area contributed by atoms with E-state index < -0.39 is 23.3 Å². The van der Waals surface area contributed by atoms with Gasteiger partial charge in [-0.2, -0.15) is 0 Å². The lowest BCUT2D eigenvalue weighted by Gasteiger charge is -2.09. The van der Waals surface area contributed by atoms with Gasteiger partial charge in [0, 0.05) is 24.4 Å². The summed E-state index contributed by atoms with van der Waals surface area (Å²) in [6.07, 6.45) is 0. The minimum Gasteiger partial charge on any atom is -0.381 e. The summed E-state index contributed by atoms with van der Waals surface area (Å²) in [4.78, 5) is 0. The average Bonchev–Trinajstić information content (AvgIpc) is 2.37. The average molecular weight is 334 g/mol. The van der Waals surface area contributed by atoms with Crippen LogP contribution in [0.15, 0.2) is 34.8 Å². The number of hydrogen-bond acceptors (Lipinski definition) is 1. The number of rotatable bonds is 3. The predicted molar refractivity (Wildman–Crippen MR) is 67.7 cm³/mol. The third-order valence-corrected chi connectivity index (χ3v) is 3.39. The van der Waals surface area contributed by atoms with Crippen molar-refractivity contribution in [3.05, 3.63) is 63.6 Å². The standard InChI is InChI=1S/C13H8BrF4N/c14-12-7(2-1-3-9(12)15)6-19-8-4-10(16)13(18)11(17)5-8/h1-5,19H,6H2. The normalized spacial score (nSPS) is 10.6. The number of anilines is 1. The second-order valence-electron chi connectivity index (χ2n) is 3.82. The molecule has 0 fully saturated rings. The fraction of sp³-hybridized carbons (Fsp3) is 0.0769. The molecular weight excluding hydrogens is 326 g/mol. The second kappa shape index (κ2) is 5.61. The maximum atomic E-state index is 13.2. The lowest BCUT2D eigenvalue weighted by Crippen LogP contribution is -2.03. The first-order chi connectivity index (χ1) is 8.99. The van der Waals surface area contributed by atoms with E-state index in [0.29, 0.717) is 5.56 Å². The molecule has 2 aromatic rings. The Hall–Kier alpha value is -1.56. The van der Waals surface area contributed by atoms with Crippen molar-refractivity contribution in [2.75, 3.05) is 5.32 Å². The van der Waals surface area contributed by atoms with Crippen molar-refractivity contribution >= 4 is 21.6 Å². The van der Waals surface area contributed by atoms with Crippen LogP contribution < -0.4 is 5.32 Å². The molecular formula is C13H8BrF4N. The van der Waals surface area contributed by atoms with E-state index in [9.17, 15) is 17.6 Å². The van der Waals surface area contributed by atoms with Crippen LogP contribution in [0, 0.1) is 23.3 Å². The van der Waals surface area contributed by atoms with Crippen LogP contribution in [0.1, 0.15) is 5.56 Å². The fourth-order valence-electron chi connectivity index (χ4n) is 1.54. The molecule has 0 spiro atoms. The first-order valence-corrected chi connectivity index (χ1v) is 6.09. The number of benzene rings is 2. The zero-order chi connectivity index (χ0) is 14.0. The Morgan fingerprint density at radius 1 is 0.947 bits per heavy atom. The highest BCUT2D eigenvalue weighted by atomic mass is 79.9. The molecule has 0 saturated carbocycles. The minimum absolute atomic E-state index is 0.0764. The van der Waals surface area contributed by atoms with Gasteiger partial charge in [-0.3, -0.25) is 0 Å². The Morgan fingerprint density at radius 2 is 1.58 bits per heavy atom. The zero-order valence-corrected chi connectivity index (χ0v) is 11.1. The van der Waals surface area contributed by atoms with E-state index >= 15 is 0 Å². The molecule has 2 rings (SSSR count). The van der Waals surface area contributed by atoms with Crippen LogP contribution >= 0.6 is 15.9 Å². The highest BCUT2D eigenvalue weighted by Gasteiger charge is 2.11. The van der Waals surface area contributed by atoms with Crippen LogP contribution in [-0.4, -0.2) is 0 Å². The van der Waals surface area contributed by atoms with E-state index in [1.807, 2.05) is 0 Å². The first-order valence-electron chi connectivity index (χ1n) is 5.30. The van der Waals surface area contributed by atoms with E-state index in [-0.39, 0.29) is 16.7 Å².